The first-order valence-corrected chi connectivity index (χ1v) is 13.2. The van der Waals surface area contributed by atoms with E-state index in [2.05, 4.69) is 10.4 Å². The number of nitrogens with one attached hydrogen (secondary N) is 1. The zero-order chi connectivity index (χ0) is 26.6. The minimum absolute atomic E-state index is 0.0109. The van der Waals surface area contributed by atoms with Gasteiger partial charge in [-0.1, -0.05) is 12.8 Å². The van der Waals surface area contributed by atoms with Crippen LogP contribution >= 0.6 is 0 Å². The van der Waals surface area contributed by atoms with Gasteiger partial charge in [-0.2, -0.15) is 5.10 Å². The second-order valence-electron chi connectivity index (χ2n) is 10.3. The van der Waals surface area contributed by atoms with E-state index in [1.807, 2.05) is 30.9 Å². The SMILES string of the molecule is CNC(=O)c1c(C)oc2cc(Oc3ccnn4cc(C(=O)N5CC(C)OC6CCCCC65)c(C)c34)ccc12. The van der Waals surface area contributed by atoms with Gasteiger partial charge in [0.15, 0.2) is 5.75 Å². The van der Waals surface area contributed by atoms with Crippen LogP contribution in [0.3, 0.4) is 0 Å². The summed E-state index contributed by atoms with van der Waals surface area (Å²) in [7, 11) is 1.60. The number of nitrogens with zero attached hydrogens (tertiary/aromatic N) is 3. The smallest absolute Gasteiger partial charge is 0.256 e. The fourth-order valence-corrected chi connectivity index (χ4v) is 6.05. The number of rotatable bonds is 4. The molecule has 2 amide bonds. The van der Waals surface area contributed by atoms with E-state index in [4.69, 9.17) is 13.9 Å². The summed E-state index contributed by atoms with van der Waals surface area (Å²) < 4.78 is 20.0. The number of aromatic nitrogens is 2. The zero-order valence-corrected chi connectivity index (χ0v) is 22.1. The van der Waals surface area contributed by atoms with Crippen molar-refractivity contribution < 1.29 is 23.5 Å². The molecule has 1 aliphatic carbocycles. The number of benzene rings is 1. The van der Waals surface area contributed by atoms with Gasteiger partial charge in [-0.05, 0) is 51.3 Å². The molecular formula is C29H32N4O5. The monoisotopic (exact) mass is 516 g/mol. The van der Waals surface area contributed by atoms with Crippen LogP contribution in [0.25, 0.3) is 16.5 Å². The Bertz CT molecular complexity index is 1550. The number of amides is 2. The second kappa shape index (κ2) is 9.47. The molecule has 4 heterocycles. The van der Waals surface area contributed by atoms with Gasteiger partial charge in [0.2, 0.25) is 0 Å². The third-order valence-corrected chi connectivity index (χ3v) is 7.83. The van der Waals surface area contributed by atoms with E-state index in [0.717, 1.165) is 42.1 Å². The number of morpholine rings is 1. The maximum absolute atomic E-state index is 13.9. The number of carbonyl (C=O) groups is 2. The second-order valence-corrected chi connectivity index (χ2v) is 10.3. The van der Waals surface area contributed by atoms with E-state index in [9.17, 15) is 9.59 Å². The van der Waals surface area contributed by atoms with E-state index in [0.29, 0.717) is 40.5 Å². The third kappa shape index (κ3) is 4.01. The molecule has 4 aromatic rings. The molecule has 0 bridgehead atoms. The Balaban J connectivity index is 1.33. The van der Waals surface area contributed by atoms with Gasteiger partial charge in [-0.15, -0.1) is 0 Å². The predicted molar refractivity (Wildman–Crippen MR) is 142 cm³/mol. The van der Waals surface area contributed by atoms with Gasteiger partial charge in [-0.3, -0.25) is 9.59 Å². The molecule has 0 spiro atoms. The quantitative estimate of drug-likeness (QED) is 0.409. The summed E-state index contributed by atoms with van der Waals surface area (Å²) in [5.41, 5.74) is 3.26. The lowest BCUT2D eigenvalue weighted by molar-refractivity contribution is -0.114. The Morgan fingerprint density at radius 3 is 2.79 bits per heavy atom. The van der Waals surface area contributed by atoms with Crippen molar-refractivity contribution in [1.82, 2.24) is 19.8 Å². The number of aryl methyl sites for hydroxylation is 2. The highest BCUT2D eigenvalue weighted by Crippen LogP contribution is 2.36. The molecule has 6 rings (SSSR count). The molecule has 2 fully saturated rings. The number of ether oxygens (including phenoxy) is 2. The van der Waals surface area contributed by atoms with Crippen LogP contribution in [0.15, 0.2) is 41.1 Å². The fraction of sp³-hybridized carbons (Fsp3) is 0.414. The van der Waals surface area contributed by atoms with Crippen LogP contribution in [0.5, 0.6) is 11.5 Å². The summed E-state index contributed by atoms with van der Waals surface area (Å²) in [5, 5.41) is 7.84. The van der Waals surface area contributed by atoms with Crippen molar-refractivity contribution in [2.75, 3.05) is 13.6 Å². The van der Waals surface area contributed by atoms with Crippen molar-refractivity contribution in [1.29, 1.82) is 0 Å². The fourth-order valence-electron chi connectivity index (χ4n) is 6.05. The molecule has 38 heavy (non-hydrogen) atoms. The summed E-state index contributed by atoms with van der Waals surface area (Å²) >= 11 is 0. The standard InChI is InChI=1S/C29H32N4O5/c1-16-14-32(22-7-5-6-8-23(22)36-16)29(35)21-15-33-27(17(21)2)24(11-12-31-33)38-19-9-10-20-25(13-19)37-18(3)26(20)28(34)30-4/h9-13,15-16,22-23H,5-8,14H2,1-4H3,(H,30,34). The third-order valence-electron chi connectivity index (χ3n) is 7.83. The van der Waals surface area contributed by atoms with Crippen molar-refractivity contribution in [3.63, 3.8) is 0 Å². The molecule has 198 valence electrons. The van der Waals surface area contributed by atoms with Crippen LogP contribution in [-0.4, -0.2) is 58.2 Å². The Morgan fingerprint density at radius 1 is 1.16 bits per heavy atom. The molecule has 2 aliphatic rings. The normalized spacial score (nSPS) is 21.5. The number of hydrogen-bond acceptors (Lipinski definition) is 6. The number of hydrogen-bond donors (Lipinski definition) is 1. The molecule has 1 saturated carbocycles. The van der Waals surface area contributed by atoms with Gasteiger partial charge >= 0.3 is 0 Å². The number of furan rings is 1. The largest absolute Gasteiger partial charge is 0.460 e. The summed E-state index contributed by atoms with van der Waals surface area (Å²) in [4.78, 5) is 28.2. The minimum atomic E-state index is -0.194. The number of fused-ring (bicyclic) bond motifs is 3. The van der Waals surface area contributed by atoms with Crippen LogP contribution in [0, 0.1) is 13.8 Å². The van der Waals surface area contributed by atoms with Gasteiger partial charge in [0.05, 0.1) is 35.6 Å². The van der Waals surface area contributed by atoms with Crippen molar-refractivity contribution in [2.24, 2.45) is 0 Å². The van der Waals surface area contributed by atoms with Crippen LogP contribution in [0.2, 0.25) is 0 Å². The van der Waals surface area contributed by atoms with Crippen molar-refractivity contribution >= 4 is 28.3 Å². The van der Waals surface area contributed by atoms with Crippen LogP contribution in [-0.2, 0) is 4.74 Å². The van der Waals surface area contributed by atoms with Crippen LogP contribution in [0.1, 0.15) is 64.6 Å². The Hall–Kier alpha value is -3.85. The molecule has 0 radical (unpaired) electrons. The van der Waals surface area contributed by atoms with Gasteiger partial charge in [0.25, 0.3) is 11.8 Å². The maximum Gasteiger partial charge on any atom is 0.256 e. The average molecular weight is 517 g/mol. The van der Waals surface area contributed by atoms with Crippen LogP contribution in [0.4, 0.5) is 0 Å². The molecule has 9 nitrogen and oxygen atoms in total. The van der Waals surface area contributed by atoms with E-state index in [1.165, 1.54) is 0 Å². The Kier molecular flexibility index (Phi) is 6.10. The van der Waals surface area contributed by atoms with Gasteiger partial charge in [-0.25, -0.2) is 4.52 Å². The summed E-state index contributed by atoms with van der Waals surface area (Å²) in [6.45, 7) is 6.33. The van der Waals surface area contributed by atoms with E-state index < -0.39 is 0 Å². The summed E-state index contributed by atoms with van der Waals surface area (Å²) in [5.74, 6) is 1.51. The van der Waals surface area contributed by atoms with Gasteiger partial charge in [0, 0.05) is 37.3 Å². The first kappa shape index (κ1) is 24.5. The molecule has 1 aliphatic heterocycles. The highest BCUT2D eigenvalue weighted by atomic mass is 16.5. The minimum Gasteiger partial charge on any atom is -0.460 e. The van der Waals surface area contributed by atoms with Crippen molar-refractivity contribution in [3.05, 3.63) is 59.1 Å². The first-order chi connectivity index (χ1) is 18.4. The first-order valence-electron chi connectivity index (χ1n) is 13.2. The van der Waals surface area contributed by atoms with Gasteiger partial charge < -0.3 is 24.1 Å². The number of carbonyl (C=O) groups excluding carboxylic acids is 2. The predicted octanol–water partition coefficient (Wildman–Crippen LogP) is 5.02. The van der Waals surface area contributed by atoms with E-state index in [-0.39, 0.29) is 30.1 Å². The van der Waals surface area contributed by atoms with Crippen molar-refractivity contribution in [2.45, 2.75) is 64.7 Å². The van der Waals surface area contributed by atoms with Gasteiger partial charge in [0.1, 0.15) is 22.6 Å². The lowest BCUT2D eigenvalue weighted by atomic mass is 9.89. The molecule has 1 N–H and O–H groups in total. The topological polar surface area (TPSA) is 98.3 Å². The highest BCUT2D eigenvalue weighted by Gasteiger charge is 2.40. The molecule has 1 saturated heterocycles. The molecule has 3 aromatic heterocycles. The van der Waals surface area contributed by atoms with Crippen molar-refractivity contribution in [3.8, 4) is 11.5 Å². The average Bonchev–Trinajstić information content (AvgIpc) is 3.43. The Morgan fingerprint density at radius 2 is 1.97 bits per heavy atom. The van der Waals surface area contributed by atoms with E-state index >= 15 is 0 Å². The highest BCUT2D eigenvalue weighted by molar-refractivity contribution is 6.07. The molecule has 3 atom stereocenters. The molecular weight excluding hydrogens is 484 g/mol. The summed E-state index contributed by atoms with van der Waals surface area (Å²) in [6, 6.07) is 7.31. The van der Waals surface area contributed by atoms with Crippen LogP contribution < -0.4 is 10.1 Å². The Labute approximate surface area is 220 Å². The van der Waals surface area contributed by atoms with E-state index in [1.54, 1.807) is 43.0 Å². The zero-order valence-electron chi connectivity index (χ0n) is 22.1. The lowest BCUT2D eigenvalue weighted by Gasteiger charge is -2.46. The summed E-state index contributed by atoms with van der Waals surface area (Å²) in [6.07, 6.45) is 7.80. The molecule has 3 unspecified atom stereocenters. The molecule has 1 aromatic carbocycles. The molecule has 9 heteroatoms. The lowest BCUT2D eigenvalue weighted by Crippen LogP contribution is -2.57. The maximum atomic E-state index is 13.9.